The summed E-state index contributed by atoms with van der Waals surface area (Å²) in [7, 11) is -2.45. The first kappa shape index (κ1) is 20.0. The quantitative estimate of drug-likeness (QED) is 0.715. The van der Waals surface area contributed by atoms with Crippen molar-refractivity contribution in [3.8, 4) is 0 Å². The number of carbonyl (C=O) groups excluding carboxylic acids is 1. The van der Waals surface area contributed by atoms with Gasteiger partial charge in [-0.2, -0.15) is 4.31 Å². The molecule has 0 spiro atoms. The van der Waals surface area contributed by atoms with E-state index in [0.29, 0.717) is 16.6 Å². The predicted molar refractivity (Wildman–Crippen MR) is 111 cm³/mol. The van der Waals surface area contributed by atoms with Crippen molar-refractivity contribution < 1.29 is 13.2 Å². The summed E-state index contributed by atoms with van der Waals surface area (Å²) >= 11 is 0. The Morgan fingerprint density at radius 3 is 2.54 bits per heavy atom. The van der Waals surface area contributed by atoms with Crippen molar-refractivity contribution in [2.24, 2.45) is 0 Å². The largest absolute Gasteiger partial charge is 0.325 e. The lowest BCUT2D eigenvalue weighted by atomic mass is 10.1. The van der Waals surface area contributed by atoms with E-state index in [1.54, 1.807) is 36.5 Å². The molecule has 0 aliphatic heterocycles. The number of nitrogens with one attached hydrogen (secondary N) is 1. The van der Waals surface area contributed by atoms with Crippen LogP contribution < -0.4 is 5.32 Å². The number of anilines is 1. The number of likely N-dealkylation sites (N-methyl/N-ethyl adjacent to an activating group) is 1. The lowest BCUT2D eigenvalue weighted by Crippen LogP contribution is -2.35. The van der Waals surface area contributed by atoms with Gasteiger partial charge in [-0.15, -0.1) is 0 Å². The molecule has 146 valence electrons. The molecule has 0 bridgehead atoms. The summed E-state index contributed by atoms with van der Waals surface area (Å²) in [5.41, 5.74) is 4.22. The molecule has 1 amide bonds. The minimum Gasteiger partial charge on any atom is -0.325 e. The van der Waals surface area contributed by atoms with Crippen LogP contribution in [0.25, 0.3) is 10.9 Å². The van der Waals surface area contributed by atoms with Crippen LogP contribution in [0.5, 0.6) is 0 Å². The lowest BCUT2D eigenvalue weighted by molar-refractivity contribution is -0.116. The third-order valence-corrected chi connectivity index (χ3v) is 6.73. The molecule has 0 fully saturated rings. The zero-order chi connectivity index (χ0) is 20.5. The molecule has 3 rings (SSSR count). The van der Waals surface area contributed by atoms with E-state index in [1.807, 2.05) is 32.9 Å². The predicted octanol–water partition coefficient (Wildman–Crippen LogP) is 3.42. The molecule has 0 unspecified atom stereocenters. The van der Waals surface area contributed by atoms with Crippen molar-refractivity contribution in [2.75, 3.05) is 18.9 Å². The number of pyridine rings is 1. The summed E-state index contributed by atoms with van der Waals surface area (Å²) in [5.74, 6) is -0.394. The molecule has 0 radical (unpaired) electrons. The number of benzene rings is 2. The summed E-state index contributed by atoms with van der Waals surface area (Å²) in [5, 5.41) is 3.34. The summed E-state index contributed by atoms with van der Waals surface area (Å²) in [4.78, 5) is 16.9. The third kappa shape index (κ3) is 3.76. The SMILES string of the molecule is Cc1cccc(NC(=O)CN(C)S(=O)(=O)c2ccc(C)c3ncccc23)c1C. The van der Waals surface area contributed by atoms with Gasteiger partial charge in [0.25, 0.3) is 0 Å². The normalized spacial score (nSPS) is 11.8. The van der Waals surface area contributed by atoms with Crippen LogP contribution in [0.3, 0.4) is 0 Å². The number of carbonyl (C=O) groups is 1. The number of rotatable bonds is 5. The van der Waals surface area contributed by atoms with Gasteiger partial charge in [-0.1, -0.05) is 18.2 Å². The Labute approximate surface area is 165 Å². The van der Waals surface area contributed by atoms with Crippen molar-refractivity contribution >= 4 is 32.5 Å². The molecule has 1 N–H and O–H groups in total. The molecule has 0 aliphatic carbocycles. The Morgan fingerprint density at radius 1 is 1.04 bits per heavy atom. The van der Waals surface area contributed by atoms with Crippen molar-refractivity contribution in [3.05, 3.63) is 65.4 Å². The Hall–Kier alpha value is -2.77. The van der Waals surface area contributed by atoms with Crippen LogP contribution in [0.4, 0.5) is 5.69 Å². The lowest BCUT2D eigenvalue weighted by Gasteiger charge is -2.19. The second-order valence-corrected chi connectivity index (χ2v) is 8.85. The summed E-state index contributed by atoms with van der Waals surface area (Å²) < 4.78 is 27.2. The maximum atomic E-state index is 13.1. The van der Waals surface area contributed by atoms with Crippen LogP contribution in [-0.2, 0) is 14.8 Å². The first-order chi connectivity index (χ1) is 13.2. The maximum absolute atomic E-state index is 13.1. The molecule has 7 heteroatoms. The fraction of sp³-hybridized carbons (Fsp3) is 0.238. The number of amides is 1. The third-order valence-electron chi connectivity index (χ3n) is 4.86. The molecule has 0 saturated heterocycles. The fourth-order valence-corrected chi connectivity index (χ4v) is 4.35. The highest BCUT2D eigenvalue weighted by Gasteiger charge is 2.25. The van der Waals surface area contributed by atoms with Gasteiger partial charge in [0.2, 0.25) is 15.9 Å². The van der Waals surface area contributed by atoms with E-state index in [-0.39, 0.29) is 11.4 Å². The monoisotopic (exact) mass is 397 g/mol. The molecule has 6 nitrogen and oxygen atoms in total. The van der Waals surface area contributed by atoms with E-state index in [2.05, 4.69) is 10.3 Å². The Morgan fingerprint density at radius 2 is 1.79 bits per heavy atom. The fourth-order valence-electron chi connectivity index (χ4n) is 3.04. The van der Waals surface area contributed by atoms with Gasteiger partial charge in [-0.3, -0.25) is 9.78 Å². The van der Waals surface area contributed by atoms with Gasteiger partial charge in [-0.25, -0.2) is 8.42 Å². The van der Waals surface area contributed by atoms with Gasteiger partial charge in [0.1, 0.15) is 0 Å². The molecule has 0 aliphatic rings. The number of hydrogen-bond acceptors (Lipinski definition) is 4. The van der Waals surface area contributed by atoms with E-state index in [4.69, 9.17) is 0 Å². The van der Waals surface area contributed by atoms with Crippen molar-refractivity contribution in [2.45, 2.75) is 25.7 Å². The standard InChI is InChI=1S/C21H23N3O3S/c1-14-7-5-9-18(16(14)3)23-20(25)13-24(4)28(26,27)19-11-10-15(2)21-17(19)8-6-12-22-21/h5-12H,13H2,1-4H3,(H,23,25). The van der Waals surface area contributed by atoms with E-state index in [1.165, 1.54) is 7.05 Å². The number of aryl methyl sites for hydroxylation is 2. The van der Waals surface area contributed by atoms with Crippen LogP contribution in [0.2, 0.25) is 0 Å². The smallest absolute Gasteiger partial charge is 0.243 e. The number of sulfonamides is 1. The van der Waals surface area contributed by atoms with Crippen molar-refractivity contribution in [1.29, 1.82) is 0 Å². The molecule has 0 atom stereocenters. The molecular weight excluding hydrogens is 374 g/mol. The van der Waals surface area contributed by atoms with Crippen LogP contribution in [0, 0.1) is 20.8 Å². The van der Waals surface area contributed by atoms with Crippen LogP contribution in [0.15, 0.2) is 53.6 Å². The van der Waals surface area contributed by atoms with Gasteiger partial charge >= 0.3 is 0 Å². The van der Waals surface area contributed by atoms with Crippen molar-refractivity contribution in [3.63, 3.8) is 0 Å². The highest BCUT2D eigenvalue weighted by Crippen LogP contribution is 2.26. The molecule has 3 aromatic rings. The molecule has 28 heavy (non-hydrogen) atoms. The van der Waals surface area contributed by atoms with E-state index < -0.39 is 15.9 Å². The van der Waals surface area contributed by atoms with E-state index >= 15 is 0 Å². The summed E-state index contributed by atoms with van der Waals surface area (Å²) in [6.45, 7) is 5.47. The number of nitrogens with zero attached hydrogens (tertiary/aromatic N) is 2. The molecule has 1 aromatic heterocycles. The topological polar surface area (TPSA) is 79.4 Å². The first-order valence-electron chi connectivity index (χ1n) is 8.88. The van der Waals surface area contributed by atoms with Gasteiger partial charge in [0.05, 0.1) is 17.0 Å². The average Bonchev–Trinajstić information content (AvgIpc) is 2.65. The Kier molecular flexibility index (Phi) is 5.49. The summed E-state index contributed by atoms with van der Waals surface area (Å²) in [6, 6.07) is 12.3. The zero-order valence-electron chi connectivity index (χ0n) is 16.4. The van der Waals surface area contributed by atoms with Gasteiger partial charge < -0.3 is 5.32 Å². The second-order valence-electron chi connectivity index (χ2n) is 6.84. The molecule has 1 heterocycles. The van der Waals surface area contributed by atoms with E-state index in [9.17, 15) is 13.2 Å². The minimum atomic E-state index is -3.86. The Balaban J connectivity index is 1.86. The number of hydrogen-bond donors (Lipinski definition) is 1. The molecule has 2 aromatic carbocycles. The van der Waals surface area contributed by atoms with Gasteiger partial charge in [0, 0.05) is 24.3 Å². The Bertz CT molecular complexity index is 1160. The van der Waals surface area contributed by atoms with E-state index in [0.717, 1.165) is 21.0 Å². The zero-order valence-corrected chi connectivity index (χ0v) is 17.2. The van der Waals surface area contributed by atoms with Gasteiger partial charge in [0.15, 0.2) is 0 Å². The summed E-state index contributed by atoms with van der Waals surface area (Å²) in [6.07, 6.45) is 1.63. The minimum absolute atomic E-state index is 0.142. The number of fused-ring (bicyclic) bond motifs is 1. The second kappa shape index (κ2) is 7.69. The van der Waals surface area contributed by atoms with Gasteiger partial charge in [-0.05, 0) is 61.7 Å². The average molecular weight is 398 g/mol. The molecule has 0 saturated carbocycles. The van der Waals surface area contributed by atoms with Crippen LogP contribution in [0.1, 0.15) is 16.7 Å². The van der Waals surface area contributed by atoms with Crippen molar-refractivity contribution in [1.82, 2.24) is 9.29 Å². The molecular formula is C21H23N3O3S. The van der Waals surface area contributed by atoms with Crippen LogP contribution >= 0.6 is 0 Å². The number of aromatic nitrogens is 1. The maximum Gasteiger partial charge on any atom is 0.243 e. The highest BCUT2D eigenvalue weighted by atomic mass is 32.2. The van der Waals surface area contributed by atoms with Crippen LogP contribution in [-0.4, -0.2) is 37.2 Å². The highest BCUT2D eigenvalue weighted by molar-refractivity contribution is 7.89. The first-order valence-corrected chi connectivity index (χ1v) is 10.3.